The molecule has 1 N–H and O–H groups in total. The lowest BCUT2D eigenvalue weighted by molar-refractivity contribution is -0.129. The van der Waals surface area contributed by atoms with Crippen molar-refractivity contribution in [2.24, 2.45) is 0 Å². The van der Waals surface area contributed by atoms with Crippen LogP contribution in [0.3, 0.4) is 0 Å². The number of carbonyl (C=O) groups excluding carboxylic acids is 1. The normalized spacial score (nSPS) is 11.8. The summed E-state index contributed by atoms with van der Waals surface area (Å²) in [7, 11) is -3.53. The van der Waals surface area contributed by atoms with Crippen molar-refractivity contribution in [3.63, 3.8) is 0 Å². The summed E-state index contributed by atoms with van der Waals surface area (Å²) in [5.74, 6) is -0.203. The molecular formula is C10H23N3O3S. The zero-order valence-electron chi connectivity index (χ0n) is 11.1. The molecule has 0 saturated heterocycles. The molecule has 0 aromatic carbocycles. The van der Waals surface area contributed by atoms with Crippen molar-refractivity contribution < 1.29 is 13.2 Å². The van der Waals surface area contributed by atoms with Crippen LogP contribution in [0.25, 0.3) is 0 Å². The molecule has 0 bridgehead atoms. The Balaban J connectivity index is 4.41. The van der Waals surface area contributed by atoms with Crippen molar-refractivity contribution in [2.45, 2.75) is 27.7 Å². The van der Waals surface area contributed by atoms with E-state index >= 15 is 0 Å². The molecule has 0 aromatic rings. The average molecular weight is 265 g/mol. The number of hydrogen-bond acceptors (Lipinski definition) is 3. The summed E-state index contributed by atoms with van der Waals surface area (Å²) in [6, 6.07) is 0. The minimum atomic E-state index is -3.53. The minimum Gasteiger partial charge on any atom is -0.342 e. The molecule has 0 rings (SSSR count). The Morgan fingerprint density at radius 1 is 1.00 bits per heavy atom. The number of nitrogens with zero attached hydrogens (tertiary/aromatic N) is 2. The third kappa shape index (κ3) is 5.01. The van der Waals surface area contributed by atoms with Crippen LogP contribution >= 0.6 is 0 Å². The Kier molecular flexibility index (Phi) is 7.33. The first-order valence-electron chi connectivity index (χ1n) is 5.95. The fraction of sp³-hybridized carbons (Fsp3) is 0.900. The van der Waals surface area contributed by atoms with E-state index in [1.807, 2.05) is 13.8 Å². The Hall–Kier alpha value is -0.660. The second-order valence-electron chi connectivity index (χ2n) is 3.48. The van der Waals surface area contributed by atoms with Crippen molar-refractivity contribution in [1.82, 2.24) is 13.9 Å². The lowest BCUT2D eigenvalue weighted by Gasteiger charge is -2.21. The van der Waals surface area contributed by atoms with E-state index in [4.69, 9.17) is 0 Å². The molecule has 0 saturated carbocycles. The molecule has 102 valence electrons. The molecule has 0 unspecified atom stereocenters. The van der Waals surface area contributed by atoms with Gasteiger partial charge >= 0.3 is 0 Å². The molecule has 0 radical (unpaired) electrons. The Morgan fingerprint density at radius 3 is 1.82 bits per heavy atom. The average Bonchev–Trinajstić information content (AvgIpc) is 2.29. The van der Waals surface area contributed by atoms with E-state index in [-0.39, 0.29) is 12.5 Å². The molecule has 1 amide bonds. The largest absolute Gasteiger partial charge is 0.342 e. The number of hydrogen-bond donors (Lipinski definition) is 1. The van der Waals surface area contributed by atoms with Crippen LogP contribution < -0.4 is 4.72 Å². The van der Waals surface area contributed by atoms with Crippen LogP contribution in [0.15, 0.2) is 0 Å². The van der Waals surface area contributed by atoms with Gasteiger partial charge in [0.25, 0.3) is 10.2 Å². The van der Waals surface area contributed by atoms with Gasteiger partial charge in [0.05, 0.1) is 6.54 Å². The first-order chi connectivity index (χ1) is 7.92. The highest BCUT2D eigenvalue weighted by Gasteiger charge is 2.20. The summed E-state index contributed by atoms with van der Waals surface area (Å²) in [6.45, 7) is 9.02. The number of amides is 1. The summed E-state index contributed by atoms with van der Waals surface area (Å²) in [4.78, 5) is 13.2. The smallest absolute Gasteiger partial charge is 0.279 e. The number of likely N-dealkylation sites (N-methyl/N-ethyl adjacent to an activating group) is 1. The van der Waals surface area contributed by atoms with Gasteiger partial charge in [0, 0.05) is 26.2 Å². The fourth-order valence-electron chi connectivity index (χ4n) is 1.50. The SMILES string of the molecule is CCN(CC)C(=O)CNS(=O)(=O)N(CC)CC. The highest BCUT2D eigenvalue weighted by atomic mass is 32.2. The van der Waals surface area contributed by atoms with Crippen LogP contribution in [0.2, 0.25) is 0 Å². The second kappa shape index (κ2) is 7.62. The van der Waals surface area contributed by atoms with Crippen LogP contribution in [0.5, 0.6) is 0 Å². The molecule has 0 spiro atoms. The minimum absolute atomic E-state index is 0.180. The summed E-state index contributed by atoms with van der Waals surface area (Å²) in [5, 5.41) is 0. The molecule has 7 heteroatoms. The molecule has 0 aromatic heterocycles. The Labute approximate surface area is 104 Å². The second-order valence-corrected chi connectivity index (χ2v) is 5.23. The van der Waals surface area contributed by atoms with Gasteiger partial charge in [-0.1, -0.05) is 13.8 Å². The molecule has 17 heavy (non-hydrogen) atoms. The maximum atomic E-state index is 11.7. The van der Waals surface area contributed by atoms with E-state index in [1.54, 1.807) is 18.7 Å². The van der Waals surface area contributed by atoms with Gasteiger partial charge in [0.1, 0.15) is 0 Å². The standard InChI is InChI=1S/C10H23N3O3S/c1-5-12(6-2)10(14)9-11-17(15,16)13(7-3)8-4/h11H,5-9H2,1-4H3. The Bertz CT molecular complexity index is 322. The number of rotatable bonds is 8. The van der Waals surface area contributed by atoms with Crippen molar-refractivity contribution in [3.05, 3.63) is 0 Å². The lowest BCUT2D eigenvalue weighted by atomic mass is 10.4. The summed E-state index contributed by atoms with van der Waals surface area (Å²) in [5.41, 5.74) is 0. The molecular weight excluding hydrogens is 242 g/mol. The van der Waals surface area contributed by atoms with E-state index in [9.17, 15) is 13.2 Å². The van der Waals surface area contributed by atoms with Gasteiger partial charge in [-0.05, 0) is 13.8 Å². The van der Waals surface area contributed by atoms with Gasteiger partial charge in [0.15, 0.2) is 0 Å². The molecule has 0 aliphatic rings. The third-order valence-corrected chi connectivity index (χ3v) is 4.27. The van der Waals surface area contributed by atoms with Crippen LogP contribution in [0.4, 0.5) is 0 Å². The molecule has 6 nitrogen and oxygen atoms in total. The van der Waals surface area contributed by atoms with Crippen molar-refractivity contribution in [1.29, 1.82) is 0 Å². The van der Waals surface area contributed by atoms with E-state index in [0.717, 1.165) is 0 Å². The summed E-state index contributed by atoms with van der Waals surface area (Å²) in [6.07, 6.45) is 0. The third-order valence-electron chi connectivity index (χ3n) is 2.57. The van der Waals surface area contributed by atoms with Crippen LogP contribution in [-0.2, 0) is 15.0 Å². The van der Waals surface area contributed by atoms with E-state index in [2.05, 4.69) is 4.72 Å². The summed E-state index contributed by atoms with van der Waals surface area (Å²) >= 11 is 0. The molecule has 0 aliphatic heterocycles. The number of carbonyl (C=O) groups is 1. The van der Waals surface area contributed by atoms with E-state index < -0.39 is 10.2 Å². The van der Waals surface area contributed by atoms with Crippen LogP contribution in [0.1, 0.15) is 27.7 Å². The Morgan fingerprint density at radius 2 is 1.47 bits per heavy atom. The monoisotopic (exact) mass is 265 g/mol. The van der Waals surface area contributed by atoms with Gasteiger partial charge in [-0.15, -0.1) is 0 Å². The molecule has 0 atom stereocenters. The van der Waals surface area contributed by atoms with Gasteiger partial charge in [-0.3, -0.25) is 4.79 Å². The van der Waals surface area contributed by atoms with Crippen LogP contribution in [-0.4, -0.2) is 56.3 Å². The van der Waals surface area contributed by atoms with E-state index in [0.29, 0.717) is 26.2 Å². The highest BCUT2D eigenvalue weighted by molar-refractivity contribution is 7.87. The van der Waals surface area contributed by atoms with Crippen LogP contribution in [0, 0.1) is 0 Å². The number of nitrogens with one attached hydrogen (secondary N) is 1. The van der Waals surface area contributed by atoms with Gasteiger partial charge in [0.2, 0.25) is 5.91 Å². The fourth-order valence-corrected chi connectivity index (χ4v) is 2.66. The zero-order chi connectivity index (χ0) is 13.5. The van der Waals surface area contributed by atoms with Gasteiger partial charge in [-0.25, -0.2) is 0 Å². The van der Waals surface area contributed by atoms with Crippen molar-refractivity contribution >= 4 is 16.1 Å². The lowest BCUT2D eigenvalue weighted by Crippen LogP contribution is -2.45. The molecule has 0 fully saturated rings. The maximum absolute atomic E-state index is 11.7. The zero-order valence-corrected chi connectivity index (χ0v) is 11.9. The highest BCUT2D eigenvalue weighted by Crippen LogP contribution is 1.97. The van der Waals surface area contributed by atoms with Crippen molar-refractivity contribution in [2.75, 3.05) is 32.7 Å². The maximum Gasteiger partial charge on any atom is 0.279 e. The van der Waals surface area contributed by atoms with Gasteiger partial charge < -0.3 is 4.90 Å². The van der Waals surface area contributed by atoms with Gasteiger partial charge in [-0.2, -0.15) is 17.4 Å². The van der Waals surface area contributed by atoms with Crippen molar-refractivity contribution in [3.8, 4) is 0 Å². The topological polar surface area (TPSA) is 69.7 Å². The first kappa shape index (κ1) is 16.3. The summed E-state index contributed by atoms with van der Waals surface area (Å²) < 4.78 is 27.1. The predicted octanol–water partition coefficient (Wildman–Crippen LogP) is 0.0310. The predicted molar refractivity (Wildman–Crippen MR) is 67.8 cm³/mol. The van der Waals surface area contributed by atoms with E-state index in [1.165, 1.54) is 4.31 Å². The quantitative estimate of drug-likeness (QED) is 0.673. The molecule has 0 heterocycles. The first-order valence-corrected chi connectivity index (χ1v) is 7.39. The molecule has 0 aliphatic carbocycles.